The van der Waals surface area contributed by atoms with Crippen molar-refractivity contribution in [3.8, 4) is 17.7 Å². The van der Waals surface area contributed by atoms with Crippen LogP contribution in [-0.2, 0) is 0 Å². The Morgan fingerprint density at radius 2 is 2.38 bits per heavy atom. The second kappa shape index (κ2) is 5.47. The lowest BCUT2D eigenvalue weighted by Gasteiger charge is -2.04. The largest absolute Gasteiger partial charge is 0.476 e. The van der Waals surface area contributed by atoms with E-state index in [4.69, 9.17) is 4.74 Å². The van der Waals surface area contributed by atoms with Crippen LogP contribution in [0.1, 0.15) is 11.1 Å². The number of nitrogens with zero attached hydrogens (tertiary/aromatic N) is 2. The topological polar surface area (TPSA) is 65.3 Å². The molecule has 0 spiro atoms. The number of hydrogen-bond donors (Lipinski definition) is 0. The van der Waals surface area contributed by atoms with E-state index in [1.54, 1.807) is 6.92 Å². The van der Waals surface area contributed by atoms with Crippen LogP contribution in [0.2, 0.25) is 0 Å². The zero-order valence-corrected chi connectivity index (χ0v) is 10.4. The molecular formula is C10H9BrN2O3. The summed E-state index contributed by atoms with van der Waals surface area (Å²) in [5.41, 5.74) is 0.862. The number of ether oxygens (including phenoxy) is 1. The molecule has 0 atom stereocenters. The van der Waals surface area contributed by atoms with Gasteiger partial charge in [-0.25, -0.2) is 4.98 Å². The first-order valence-corrected chi connectivity index (χ1v) is 5.46. The molecule has 0 saturated carbocycles. The van der Waals surface area contributed by atoms with E-state index in [0.29, 0.717) is 16.5 Å². The number of methoxy groups -OCH3 is 1. The van der Waals surface area contributed by atoms with Crippen LogP contribution in [0.4, 0.5) is 5.69 Å². The molecule has 0 aliphatic rings. The van der Waals surface area contributed by atoms with Crippen LogP contribution in [0.25, 0.3) is 0 Å². The van der Waals surface area contributed by atoms with Gasteiger partial charge in [0.05, 0.1) is 22.9 Å². The van der Waals surface area contributed by atoms with Gasteiger partial charge < -0.3 is 4.74 Å². The Kier molecular flexibility index (Phi) is 4.26. The standard InChI is InChI=1S/C10H9BrN2O3/c1-7-8(4-3-5-11)6-12-10(16-2)9(7)13(14)15/h6H,5H2,1-2H3. The van der Waals surface area contributed by atoms with Gasteiger partial charge in [0.15, 0.2) is 0 Å². The van der Waals surface area contributed by atoms with E-state index in [-0.39, 0.29) is 11.6 Å². The summed E-state index contributed by atoms with van der Waals surface area (Å²) in [7, 11) is 1.35. The molecule has 1 aromatic heterocycles. The minimum atomic E-state index is -0.513. The van der Waals surface area contributed by atoms with E-state index < -0.39 is 4.92 Å². The quantitative estimate of drug-likeness (QED) is 0.361. The average molecular weight is 285 g/mol. The van der Waals surface area contributed by atoms with Crippen LogP contribution in [0.15, 0.2) is 6.20 Å². The summed E-state index contributed by atoms with van der Waals surface area (Å²) in [6, 6.07) is 0. The molecule has 0 bridgehead atoms. The van der Waals surface area contributed by atoms with Crippen LogP contribution < -0.4 is 4.74 Å². The maximum Gasteiger partial charge on any atom is 0.335 e. The second-order valence-electron chi connectivity index (χ2n) is 2.85. The number of pyridine rings is 1. The molecule has 5 nitrogen and oxygen atoms in total. The van der Waals surface area contributed by atoms with Crippen LogP contribution >= 0.6 is 15.9 Å². The van der Waals surface area contributed by atoms with Gasteiger partial charge in [-0.3, -0.25) is 10.1 Å². The van der Waals surface area contributed by atoms with Gasteiger partial charge in [0.25, 0.3) is 5.88 Å². The summed E-state index contributed by atoms with van der Waals surface area (Å²) in [6.07, 6.45) is 1.47. The van der Waals surface area contributed by atoms with Gasteiger partial charge in [-0.15, -0.1) is 0 Å². The number of rotatable bonds is 2. The fourth-order valence-electron chi connectivity index (χ4n) is 1.19. The highest BCUT2D eigenvalue weighted by molar-refractivity contribution is 9.09. The summed E-state index contributed by atoms with van der Waals surface area (Å²) in [4.78, 5) is 14.2. The molecular weight excluding hydrogens is 276 g/mol. The van der Waals surface area contributed by atoms with Gasteiger partial charge in [0, 0.05) is 11.8 Å². The van der Waals surface area contributed by atoms with Crippen LogP contribution in [0.3, 0.4) is 0 Å². The lowest BCUT2D eigenvalue weighted by atomic mass is 10.1. The van der Waals surface area contributed by atoms with Gasteiger partial charge in [-0.05, 0) is 6.92 Å². The molecule has 6 heteroatoms. The van der Waals surface area contributed by atoms with Gasteiger partial charge in [0.2, 0.25) is 0 Å². The van der Waals surface area contributed by atoms with Gasteiger partial charge in [0.1, 0.15) is 0 Å². The van der Waals surface area contributed by atoms with Gasteiger partial charge in [-0.2, -0.15) is 0 Å². The highest BCUT2D eigenvalue weighted by atomic mass is 79.9. The normalized spacial score (nSPS) is 9.19. The second-order valence-corrected chi connectivity index (χ2v) is 3.41. The van der Waals surface area contributed by atoms with Crippen LogP contribution in [0, 0.1) is 28.9 Å². The first-order chi connectivity index (χ1) is 7.61. The smallest absolute Gasteiger partial charge is 0.335 e. The Morgan fingerprint density at radius 3 is 2.88 bits per heavy atom. The minimum Gasteiger partial charge on any atom is -0.476 e. The summed E-state index contributed by atoms with van der Waals surface area (Å²) < 4.78 is 4.84. The molecule has 84 valence electrons. The molecule has 1 aromatic rings. The van der Waals surface area contributed by atoms with Crippen molar-refractivity contribution in [3.63, 3.8) is 0 Å². The number of aromatic nitrogens is 1. The molecule has 0 aliphatic heterocycles. The SMILES string of the molecule is COc1ncc(C#CCBr)c(C)c1[N+](=O)[O-]. The number of alkyl halides is 1. The molecule has 0 radical (unpaired) electrons. The Hall–Kier alpha value is -1.61. The Bertz CT molecular complexity index is 477. The highest BCUT2D eigenvalue weighted by Gasteiger charge is 2.21. The summed E-state index contributed by atoms with van der Waals surface area (Å²) >= 11 is 3.15. The van der Waals surface area contributed by atoms with Gasteiger partial charge >= 0.3 is 5.69 Å². The van der Waals surface area contributed by atoms with Crippen molar-refractivity contribution in [2.24, 2.45) is 0 Å². The number of halogens is 1. The fourth-order valence-corrected chi connectivity index (χ4v) is 1.33. The summed E-state index contributed by atoms with van der Waals surface area (Å²) in [6.45, 7) is 1.63. The lowest BCUT2D eigenvalue weighted by Crippen LogP contribution is -2.00. The first-order valence-electron chi connectivity index (χ1n) is 4.34. The van der Waals surface area contributed by atoms with Crippen molar-refractivity contribution in [1.82, 2.24) is 4.98 Å². The van der Waals surface area contributed by atoms with Crippen molar-refractivity contribution in [2.75, 3.05) is 12.4 Å². The predicted molar refractivity (Wildman–Crippen MR) is 62.9 cm³/mol. The maximum absolute atomic E-state index is 10.9. The van der Waals surface area contributed by atoms with E-state index in [1.165, 1.54) is 13.3 Å². The lowest BCUT2D eigenvalue weighted by molar-refractivity contribution is -0.386. The van der Waals surface area contributed by atoms with Crippen LogP contribution in [0.5, 0.6) is 5.88 Å². The zero-order chi connectivity index (χ0) is 12.1. The monoisotopic (exact) mass is 284 g/mol. The molecule has 1 rings (SSSR count). The molecule has 0 amide bonds. The van der Waals surface area contributed by atoms with Gasteiger partial charge in [-0.1, -0.05) is 27.8 Å². The third-order valence-electron chi connectivity index (χ3n) is 1.94. The predicted octanol–water partition coefficient (Wildman–Crippen LogP) is 2.05. The third-order valence-corrected chi connectivity index (χ3v) is 2.22. The third kappa shape index (κ3) is 2.49. The van der Waals surface area contributed by atoms with E-state index >= 15 is 0 Å². The van der Waals surface area contributed by atoms with E-state index in [0.717, 1.165) is 0 Å². The summed E-state index contributed by atoms with van der Waals surface area (Å²) in [5, 5.41) is 11.4. The first kappa shape index (κ1) is 12.5. The van der Waals surface area contributed by atoms with Crippen molar-refractivity contribution in [1.29, 1.82) is 0 Å². The minimum absolute atomic E-state index is 0.00638. The maximum atomic E-state index is 10.9. The number of hydrogen-bond acceptors (Lipinski definition) is 4. The highest BCUT2D eigenvalue weighted by Crippen LogP contribution is 2.29. The molecule has 0 N–H and O–H groups in total. The Morgan fingerprint density at radius 1 is 1.69 bits per heavy atom. The molecule has 16 heavy (non-hydrogen) atoms. The van der Waals surface area contributed by atoms with E-state index in [1.807, 2.05) is 0 Å². The zero-order valence-electron chi connectivity index (χ0n) is 8.78. The van der Waals surface area contributed by atoms with E-state index in [2.05, 4.69) is 32.8 Å². The van der Waals surface area contributed by atoms with E-state index in [9.17, 15) is 10.1 Å². The van der Waals surface area contributed by atoms with Crippen molar-refractivity contribution >= 4 is 21.6 Å². The van der Waals surface area contributed by atoms with Crippen molar-refractivity contribution in [3.05, 3.63) is 27.4 Å². The molecule has 0 fully saturated rings. The number of nitro groups is 1. The Balaban J connectivity index is 3.37. The molecule has 0 unspecified atom stereocenters. The Labute approximate surface area is 101 Å². The molecule has 0 saturated heterocycles. The van der Waals surface area contributed by atoms with Crippen molar-refractivity contribution < 1.29 is 9.66 Å². The van der Waals surface area contributed by atoms with Crippen LogP contribution in [-0.4, -0.2) is 22.3 Å². The molecule has 0 aromatic carbocycles. The summed E-state index contributed by atoms with van der Waals surface area (Å²) in [5.74, 6) is 5.57. The molecule has 0 aliphatic carbocycles. The molecule has 1 heterocycles. The fraction of sp³-hybridized carbons (Fsp3) is 0.300. The van der Waals surface area contributed by atoms with Crippen molar-refractivity contribution in [2.45, 2.75) is 6.92 Å². The average Bonchev–Trinajstić information content (AvgIpc) is 2.26.